The fraction of sp³-hybridized carbons (Fsp3) is 0.348. The Balaban J connectivity index is 1.65. The molecular weight excluding hydrogens is 444 g/mol. The van der Waals surface area contributed by atoms with Gasteiger partial charge in [0.25, 0.3) is 5.91 Å². The van der Waals surface area contributed by atoms with E-state index < -0.39 is 16.1 Å². The molecule has 1 heterocycles. The van der Waals surface area contributed by atoms with Crippen molar-refractivity contribution in [3.8, 4) is 17.1 Å². The third-order valence-corrected chi connectivity index (χ3v) is 6.43. The molecule has 176 valence electrons. The van der Waals surface area contributed by atoms with Crippen LogP contribution in [0.25, 0.3) is 11.4 Å². The number of anilines is 1. The number of aryl methyl sites for hydroxylation is 1. The second kappa shape index (κ2) is 10.0. The Bertz CT molecular complexity index is 1210. The number of hydrogen-bond donors (Lipinski definition) is 0. The van der Waals surface area contributed by atoms with Crippen LogP contribution in [0.3, 0.4) is 0 Å². The van der Waals surface area contributed by atoms with Crippen LogP contribution in [0.2, 0.25) is 0 Å². The third kappa shape index (κ3) is 5.89. The second-order valence-electron chi connectivity index (χ2n) is 7.76. The van der Waals surface area contributed by atoms with Gasteiger partial charge in [0.15, 0.2) is 6.10 Å². The van der Waals surface area contributed by atoms with Gasteiger partial charge in [0, 0.05) is 19.7 Å². The highest BCUT2D eigenvalue weighted by molar-refractivity contribution is 7.92. The number of hydrogen-bond acceptors (Lipinski definition) is 7. The smallest absolute Gasteiger partial charge is 0.263 e. The van der Waals surface area contributed by atoms with Crippen LogP contribution in [0.1, 0.15) is 24.8 Å². The summed E-state index contributed by atoms with van der Waals surface area (Å²) in [6.07, 6.45) is 0.867. The van der Waals surface area contributed by atoms with Gasteiger partial charge in [0.1, 0.15) is 5.75 Å². The molecule has 0 N–H and O–H groups in total. The molecule has 0 spiro atoms. The summed E-state index contributed by atoms with van der Waals surface area (Å²) in [5.41, 5.74) is 2.41. The van der Waals surface area contributed by atoms with Crippen molar-refractivity contribution in [1.29, 1.82) is 0 Å². The predicted molar refractivity (Wildman–Crippen MR) is 125 cm³/mol. The van der Waals surface area contributed by atoms with Crippen LogP contribution in [-0.2, 0) is 21.4 Å². The van der Waals surface area contributed by atoms with Gasteiger partial charge in [-0.25, -0.2) is 8.42 Å². The zero-order chi connectivity index (χ0) is 24.2. The molecule has 33 heavy (non-hydrogen) atoms. The highest BCUT2D eigenvalue weighted by Crippen LogP contribution is 2.23. The van der Waals surface area contributed by atoms with Crippen molar-refractivity contribution in [1.82, 2.24) is 15.0 Å². The van der Waals surface area contributed by atoms with Gasteiger partial charge in [0.05, 0.1) is 18.5 Å². The van der Waals surface area contributed by atoms with Gasteiger partial charge in [0.2, 0.25) is 21.7 Å². The standard InChI is InChI=1S/C23H28N4O5S/c1-6-20(31-18-13-11-17(12-14-18)27(4)33(5,29)30)23(28)26(3)15-21-24-22(25-32-21)19-10-8-7-9-16(19)2/h7-14,20H,6,15H2,1-5H3. The Kier molecular flexibility index (Phi) is 7.37. The van der Waals surface area contributed by atoms with Crippen LogP contribution < -0.4 is 9.04 Å². The number of likely N-dealkylation sites (N-methyl/N-ethyl adjacent to an activating group) is 1. The minimum atomic E-state index is -3.36. The van der Waals surface area contributed by atoms with Crippen LogP contribution in [0.4, 0.5) is 5.69 Å². The molecule has 0 aliphatic rings. The maximum atomic E-state index is 12.9. The van der Waals surface area contributed by atoms with Crippen LogP contribution in [0, 0.1) is 6.92 Å². The first-order valence-corrected chi connectivity index (χ1v) is 12.3. The Morgan fingerprint density at radius 3 is 2.39 bits per heavy atom. The molecule has 0 aliphatic carbocycles. The van der Waals surface area contributed by atoms with E-state index in [0.717, 1.165) is 17.4 Å². The number of nitrogens with zero attached hydrogens (tertiary/aromatic N) is 4. The first-order valence-electron chi connectivity index (χ1n) is 10.4. The number of ether oxygens (including phenoxy) is 1. The molecule has 0 aliphatic heterocycles. The quantitative estimate of drug-likeness (QED) is 0.471. The SMILES string of the molecule is CCC(Oc1ccc(N(C)S(C)(=O)=O)cc1)C(=O)N(C)Cc1nc(-c2ccccc2C)no1. The molecule has 2 aromatic carbocycles. The minimum absolute atomic E-state index is 0.148. The van der Waals surface area contributed by atoms with Crippen LogP contribution in [-0.4, -0.2) is 55.8 Å². The summed E-state index contributed by atoms with van der Waals surface area (Å²) in [6, 6.07) is 14.3. The van der Waals surface area contributed by atoms with E-state index in [2.05, 4.69) is 10.1 Å². The van der Waals surface area contributed by atoms with Crippen molar-refractivity contribution in [3.63, 3.8) is 0 Å². The van der Waals surface area contributed by atoms with Crippen molar-refractivity contribution < 1.29 is 22.5 Å². The number of amides is 1. The van der Waals surface area contributed by atoms with Gasteiger partial charge in [-0.15, -0.1) is 0 Å². The van der Waals surface area contributed by atoms with Gasteiger partial charge in [-0.05, 0) is 43.2 Å². The molecule has 0 saturated carbocycles. The van der Waals surface area contributed by atoms with E-state index in [9.17, 15) is 13.2 Å². The maximum Gasteiger partial charge on any atom is 0.263 e. The number of sulfonamides is 1. The van der Waals surface area contributed by atoms with E-state index in [4.69, 9.17) is 9.26 Å². The zero-order valence-electron chi connectivity index (χ0n) is 19.3. The number of benzene rings is 2. The van der Waals surface area contributed by atoms with Crippen molar-refractivity contribution in [2.75, 3.05) is 24.7 Å². The topological polar surface area (TPSA) is 106 Å². The first-order chi connectivity index (χ1) is 15.6. The molecule has 0 fully saturated rings. The van der Waals surface area contributed by atoms with Crippen molar-refractivity contribution in [3.05, 3.63) is 60.0 Å². The lowest BCUT2D eigenvalue weighted by molar-refractivity contribution is -0.138. The van der Waals surface area contributed by atoms with Gasteiger partial charge in [-0.1, -0.05) is 36.3 Å². The average Bonchev–Trinajstić information content (AvgIpc) is 3.24. The van der Waals surface area contributed by atoms with Crippen LogP contribution in [0.15, 0.2) is 53.1 Å². The molecule has 0 bridgehead atoms. The van der Waals surface area contributed by atoms with E-state index in [1.165, 1.54) is 16.3 Å². The van der Waals surface area contributed by atoms with Crippen LogP contribution in [0.5, 0.6) is 5.75 Å². The number of carbonyl (C=O) groups excluding carboxylic acids is 1. The molecular formula is C23H28N4O5S. The summed E-state index contributed by atoms with van der Waals surface area (Å²) in [5, 5.41) is 4.03. The van der Waals surface area contributed by atoms with E-state index in [1.807, 2.05) is 38.1 Å². The first kappa shape index (κ1) is 24.2. The zero-order valence-corrected chi connectivity index (χ0v) is 20.2. The van der Waals surface area contributed by atoms with E-state index in [-0.39, 0.29) is 12.5 Å². The van der Waals surface area contributed by atoms with Gasteiger partial charge in [-0.3, -0.25) is 9.10 Å². The lowest BCUT2D eigenvalue weighted by Crippen LogP contribution is -2.39. The molecule has 1 atom stereocenters. The van der Waals surface area contributed by atoms with Crippen molar-refractivity contribution in [2.24, 2.45) is 0 Å². The lowest BCUT2D eigenvalue weighted by Gasteiger charge is -2.23. The van der Waals surface area contributed by atoms with Gasteiger partial charge >= 0.3 is 0 Å². The summed E-state index contributed by atoms with van der Waals surface area (Å²) >= 11 is 0. The van der Waals surface area contributed by atoms with Gasteiger partial charge in [-0.2, -0.15) is 4.98 Å². The Labute approximate surface area is 194 Å². The minimum Gasteiger partial charge on any atom is -0.481 e. The Morgan fingerprint density at radius 1 is 1.12 bits per heavy atom. The summed E-state index contributed by atoms with van der Waals surface area (Å²) in [4.78, 5) is 18.8. The van der Waals surface area contributed by atoms with Gasteiger partial charge < -0.3 is 14.2 Å². The summed E-state index contributed by atoms with van der Waals surface area (Å²) in [6.45, 7) is 3.97. The molecule has 3 aromatic rings. The maximum absolute atomic E-state index is 12.9. The fourth-order valence-electron chi connectivity index (χ4n) is 3.18. The molecule has 1 amide bonds. The summed E-state index contributed by atoms with van der Waals surface area (Å²) < 4.78 is 35.7. The Hall–Kier alpha value is -3.40. The molecule has 0 saturated heterocycles. The molecule has 0 radical (unpaired) electrons. The van der Waals surface area contributed by atoms with Crippen molar-refractivity contribution in [2.45, 2.75) is 32.9 Å². The molecule has 1 unspecified atom stereocenters. The summed E-state index contributed by atoms with van der Waals surface area (Å²) in [7, 11) is -0.236. The average molecular weight is 473 g/mol. The third-order valence-electron chi connectivity index (χ3n) is 5.23. The Morgan fingerprint density at radius 2 is 1.79 bits per heavy atom. The fourth-order valence-corrected chi connectivity index (χ4v) is 3.68. The molecule has 3 rings (SSSR count). The van der Waals surface area contributed by atoms with E-state index in [1.54, 1.807) is 31.3 Å². The van der Waals surface area contributed by atoms with E-state index in [0.29, 0.717) is 29.6 Å². The predicted octanol–water partition coefficient (Wildman–Crippen LogP) is 3.26. The van der Waals surface area contributed by atoms with Crippen molar-refractivity contribution >= 4 is 21.6 Å². The lowest BCUT2D eigenvalue weighted by atomic mass is 10.1. The second-order valence-corrected chi connectivity index (χ2v) is 9.77. The highest BCUT2D eigenvalue weighted by Gasteiger charge is 2.24. The highest BCUT2D eigenvalue weighted by atomic mass is 32.2. The number of carbonyl (C=O) groups is 1. The number of rotatable bonds is 9. The molecule has 1 aromatic heterocycles. The molecule has 9 nitrogen and oxygen atoms in total. The van der Waals surface area contributed by atoms with Crippen LogP contribution >= 0.6 is 0 Å². The van der Waals surface area contributed by atoms with E-state index >= 15 is 0 Å². The largest absolute Gasteiger partial charge is 0.481 e. The molecule has 10 heteroatoms. The summed E-state index contributed by atoms with van der Waals surface area (Å²) in [5.74, 6) is 1.04. The number of aromatic nitrogens is 2. The normalized spacial score (nSPS) is 12.3. The monoisotopic (exact) mass is 472 g/mol.